The third kappa shape index (κ3) is 11.2. The van der Waals surface area contributed by atoms with Crippen LogP contribution in [0.3, 0.4) is 0 Å². The maximum atomic E-state index is 12.9. The number of carbonyl (C=O) groups excluding carboxylic acids is 4. The first kappa shape index (κ1) is 41.0. The van der Waals surface area contributed by atoms with Crippen LogP contribution in [0.5, 0.6) is 5.75 Å². The fourth-order valence-electron chi connectivity index (χ4n) is 6.52. The van der Waals surface area contributed by atoms with E-state index in [1.807, 2.05) is 37.0 Å². The largest absolute Gasteiger partial charge is 0.534 e. The molecule has 1 heterocycles. The highest BCUT2D eigenvalue weighted by atomic mass is 32.2. The van der Waals surface area contributed by atoms with E-state index in [1.165, 1.54) is 16.7 Å². The molecular weight excluding hydrogens is 715 g/mol. The SMILES string of the molecule is CCN(C)CCCN(C)C(=O)Oc1ccc(C(CCCCCSC(c2ccccc2)(c2ccccc2)c2ccccc2)OC(=O)ON2C(=O)CCC2=O)cc1. The zero-order valence-corrected chi connectivity index (χ0v) is 32.7. The van der Waals surface area contributed by atoms with E-state index in [9.17, 15) is 19.2 Å². The molecule has 3 amide bonds. The van der Waals surface area contributed by atoms with Gasteiger partial charge in [-0.1, -0.05) is 122 Å². The van der Waals surface area contributed by atoms with E-state index in [0.29, 0.717) is 29.3 Å². The summed E-state index contributed by atoms with van der Waals surface area (Å²) >= 11 is 1.91. The molecule has 0 aromatic heterocycles. The van der Waals surface area contributed by atoms with Crippen molar-refractivity contribution < 1.29 is 33.5 Å². The fourth-order valence-corrected chi connectivity index (χ4v) is 8.09. The molecule has 4 aromatic carbocycles. The third-order valence-corrected chi connectivity index (χ3v) is 11.4. The smallest absolute Gasteiger partial charge is 0.425 e. The van der Waals surface area contributed by atoms with E-state index in [2.05, 4.69) is 84.6 Å². The number of amides is 3. The first-order chi connectivity index (χ1) is 26.7. The van der Waals surface area contributed by atoms with Crippen molar-refractivity contribution in [2.45, 2.75) is 62.7 Å². The molecular formula is C44H51N3O7S. The second kappa shape index (κ2) is 20.5. The molecule has 10 nitrogen and oxygen atoms in total. The van der Waals surface area contributed by atoms with Crippen LogP contribution in [0, 0.1) is 0 Å². The monoisotopic (exact) mass is 765 g/mol. The van der Waals surface area contributed by atoms with Crippen LogP contribution < -0.4 is 4.74 Å². The molecule has 1 fully saturated rings. The highest BCUT2D eigenvalue weighted by molar-refractivity contribution is 8.00. The Labute approximate surface area is 328 Å². The molecule has 0 radical (unpaired) electrons. The van der Waals surface area contributed by atoms with Crippen molar-refractivity contribution in [2.75, 3.05) is 39.5 Å². The first-order valence-electron chi connectivity index (χ1n) is 19.0. The number of benzene rings is 4. The number of carbonyl (C=O) groups is 4. The molecule has 0 saturated carbocycles. The van der Waals surface area contributed by atoms with Gasteiger partial charge < -0.3 is 19.3 Å². The summed E-state index contributed by atoms with van der Waals surface area (Å²) < 4.78 is 10.9. The molecule has 290 valence electrons. The molecule has 1 aliphatic rings. The molecule has 0 aliphatic carbocycles. The minimum Gasteiger partial charge on any atom is -0.425 e. The van der Waals surface area contributed by atoms with E-state index in [0.717, 1.165) is 44.5 Å². The first-order valence-corrected chi connectivity index (χ1v) is 20.0. The van der Waals surface area contributed by atoms with Gasteiger partial charge in [0.25, 0.3) is 11.8 Å². The van der Waals surface area contributed by atoms with Crippen molar-refractivity contribution >= 4 is 35.8 Å². The average molecular weight is 766 g/mol. The molecule has 55 heavy (non-hydrogen) atoms. The molecule has 1 saturated heterocycles. The van der Waals surface area contributed by atoms with Crippen LogP contribution in [0.2, 0.25) is 0 Å². The summed E-state index contributed by atoms with van der Waals surface area (Å²) in [6.07, 6.45) is 1.43. The molecule has 11 heteroatoms. The van der Waals surface area contributed by atoms with Crippen molar-refractivity contribution in [2.24, 2.45) is 0 Å². The lowest BCUT2D eigenvalue weighted by atomic mass is 9.84. The van der Waals surface area contributed by atoms with Gasteiger partial charge in [0.05, 0.1) is 4.75 Å². The summed E-state index contributed by atoms with van der Waals surface area (Å²) in [6, 6.07) is 38.6. The highest BCUT2D eigenvalue weighted by Gasteiger charge is 2.37. The van der Waals surface area contributed by atoms with Crippen LogP contribution >= 0.6 is 11.8 Å². The quantitative estimate of drug-likeness (QED) is 0.0400. The summed E-state index contributed by atoms with van der Waals surface area (Å²) in [4.78, 5) is 58.5. The Morgan fingerprint density at radius 1 is 0.727 bits per heavy atom. The molecule has 4 aromatic rings. The van der Waals surface area contributed by atoms with Gasteiger partial charge in [0.15, 0.2) is 0 Å². The molecule has 1 atom stereocenters. The molecule has 5 rings (SSSR count). The van der Waals surface area contributed by atoms with Crippen LogP contribution in [0.1, 0.15) is 80.2 Å². The number of hydroxylamine groups is 2. The lowest BCUT2D eigenvalue weighted by Crippen LogP contribution is -2.32. The summed E-state index contributed by atoms with van der Waals surface area (Å²) in [5.74, 6) is 0.0655. The minimum absolute atomic E-state index is 0.0151. The van der Waals surface area contributed by atoms with Gasteiger partial charge in [-0.2, -0.15) is 0 Å². The van der Waals surface area contributed by atoms with Gasteiger partial charge in [-0.25, -0.2) is 9.59 Å². The van der Waals surface area contributed by atoms with Crippen molar-refractivity contribution in [3.63, 3.8) is 0 Å². The van der Waals surface area contributed by atoms with Crippen LogP contribution in [0.15, 0.2) is 115 Å². The van der Waals surface area contributed by atoms with Crippen molar-refractivity contribution in [3.8, 4) is 5.75 Å². The zero-order valence-electron chi connectivity index (χ0n) is 31.9. The second-order valence-corrected chi connectivity index (χ2v) is 14.9. The molecule has 0 N–H and O–H groups in total. The molecule has 1 unspecified atom stereocenters. The zero-order chi connectivity index (χ0) is 39.0. The predicted molar refractivity (Wildman–Crippen MR) is 214 cm³/mol. The standard InChI is InChI=1S/C44H51N3O7S/c1-4-45(2)31-17-32-46(3)42(50)52-38-27-25-34(26-28-38)39(53-43(51)54-47-40(48)29-30-41(47)49)24-15-8-16-33-55-44(35-18-9-5-10-19-35,36-20-11-6-12-21-36)37-22-13-7-14-23-37/h5-7,9-14,18-23,25-28,39H,4,8,15-17,24,29-33H2,1-3H3. The Hall–Kier alpha value is -5.13. The maximum absolute atomic E-state index is 12.9. The molecule has 0 bridgehead atoms. The Kier molecular flexibility index (Phi) is 15.3. The van der Waals surface area contributed by atoms with Crippen LogP contribution in [0.4, 0.5) is 9.59 Å². The predicted octanol–water partition coefficient (Wildman–Crippen LogP) is 9.00. The van der Waals surface area contributed by atoms with Gasteiger partial charge in [0.2, 0.25) is 0 Å². The lowest BCUT2D eigenvalue weighted by Gasteiger charge is -2.35. The minimum atomic E-state index is -1.13. The lowest BCUT2D eigenvalue weighted by molar-refractivity contribution is -0.178. The van der Waals surface area contributed by atoms with E-state index < -0.39 is 34.9 Å². The van der Waals surface area contributed by atoms with Gasteiger partial charge >= 0.3 is 12.2 Å². The maximum Gasteiger partial charge on any atom is 0.534 e. The Morgan fingerprint density at radius 2 is 1.27 bits per heavy atom. The normalized spacial score (nSPS) is 13.5. The summed E-state index contributed by atoms with van der Waals surface area (Å²) in [7, 11) is 3.74. The van der Waals surface area contributed by atoms with E-state index in [-0.39, 0.29) is 12.8 Å². The number of hydrogen-bond donors (Lipinski definition) is 0. The summed E-state index contributed by atoms with van der Waals surface area (Å²) in [6.45, 7) is 4.47. The Morgan fingerprint density at radius 3 is 1.80 bits per heavy atom. The number of unbranched alkanes of at least 4 members (excludes halogenated alkanes) is 2. The Balaban J connectivity index is 1.23. The van der Waals surface area contributed by atoms with E-state index >= 15 is 0 Å². The molecule has 1 aliphatic heterocycles. The van der Waals surface area contributed by atoms with Gasteiger partial charge in [0.1, 0.15) is 11.9 Å². The van der Waals surface area contributed by atoms with Crippen LogP contribution in [-0.4, -0.2) is 78.4 Å². The number of hydrogen-bond acceptors (Lipinski definition) is 9. The van der Waals surface area contributed by atoms with Gasteiger partial charge in [-0.05, 0) is 86.0 Å². The van der Waals surface area contributed by atoms with Crippen LogP contribution in [-0.2, 0) is 23.9 Å². The van der Waals surface area contributed by atoms with E-state index in [4.69, 9.17) is 14.3 Å². The van der Waals surface area contributed by atoms with Crippen molar-refractivity contribution in [1.82, 2.24) is 14.9 Å². The second-order valence-electron chi connectivity index (χ2n) is 13.6. The number of nitrogens with zero attached hydrogens (tertiary/aromatic N) is 3. The average Bonchev–Trinajstić information content (AvgIpc) is 3.53. The van der Waals surface area contributed by atoms with E-state index in [1.54, 1.807) is 36.2 Å². The van der Waals surface area contributed by atoms with Gasteiger partial charge in [-0.3, -0.25) is 14.4 Å². The highest BCUT2D eigenvalue weighted by Crippen LogP contribution is 2.48. The topological polar surface area (TPSA) is 106 Å². The summed E-state index contributed by atoms with van der Waals surface area (Å²) in [5.41, 5.74) is 4.29. The fraction of sp³-hybridized carbons (Fsp3) is 0.364. The van der Waals surface area contributed by atoms with Gasteiger partial charge in [-0.15, -0.1) is 11.8 Å². The number of rotatable bonds is 19. The number of imide groups is 1. The van der Waals surface area contributed by atoms with Crippen LogP contribution in [0.25, 0.3) is 0 Å². The Bertz CT molecular complexity index is 1710. The third-order valence-electron chi connectivity index (χ3n) is 9.72. The van der Waals surface area contributed by atoms with Crippen molar-refractivity contribution in [1.29, 1.82) is 0 Å². The number of thioether (sulfide) groups is 1. The summed E-state index contributed by atoms with van der Waals surface area (Å²) in [5, 5.41) is 0.481. The number of ether oxygens (including phenoxy) is 2. The van der Waals surface area contributed by atoms with Crippen molar-refractivity contribution in [3.05, 3.63) is 138 Å². The van der Waals surface area contributed by atoms with Gasteiger partial charge in [0, 0.05) is 26.4 Å². The molecule has 0 spiro atoms.